The molecule has 0 aliphatic carbocycles. The number of para-hydroxylation sites is 1. The van der Waals surface area contributed by atoms with E-state index in [1.165, 1.54) is 0 Å². The molecule has 0 atom stereocenters. The average molecular weight is 381 g/mol. The van der Waals surface area contributed by atoms with Gasteiger partial charge in [0.25, 0.3) is 5.91 Å². The van der Waals surface area contributed by atoms with Crippen molar-refractivity contribution in [3.8, 4) is 5.75 Å². The topological polar surface area (TPSA) is 61.9 Å². The lowest BCUT2D eigenvalue weighted by atomic mass is 10.1. The third-order valence-electron chi connectivity index (χ3n) is 5.11. The Morgan fingerprint density at radius 2 is 1.57 bits per heavy atom. The van der Waals surface area contributed by atoms with Crippen LogP contribution in [0.2, 0.25) is 0 Å². The molecule has 1 fully saturated rings. The Balaban J connectivity index is 1.50. The SMILES string of the molecule is COc1ccc(C(=O)N2CCN(CC(=O)Nc3c(C)cccc3C)CC2)cc1. The molecule has 0 unspecified atom stereocenters. The Morgan fingerprint density at radius 1 is 0.964 bits per heavy atom. The molecular formula is C22H27N3O3. The van der Waals surface area contributed by atoms with E-state index in [4.69, 9.17) is 4.74 Å². The second-order valence-corrected chi connectivity index (χ2v) is 7.11. The van der Waals surface area contributed by atoms with Crippen LogP contribution >= 0.6 is 0 Å². The van der Waals surface area contributed by atoms with E-state index in [-0.39, 0.29) is 11.8 Å². The minimum Gasteiger partial charge on any atom is -0.497 e. The molecule has 148 valence electrons. The standard InChI is InChI=1S/C22H27N3O3/c1-16-5-4-6-17(2)21(16)23-20(26)15-24-11-13-25(14-12-24)22(27)18-7-9-19(28-3)10-8-18/h4-10H,11-15H2,1-3H3,(H,23,26). The smallest absolute Gasteiger partial charge is 0.253 e. The maximum absolute atomic E-state index is 12.6. The summed E-state index contributed by atoms with van der Waals surface area (Å²) < 4.78 is 5.13. The first kappa shape index (κ1) is 19.9. The second kappa shape index (κ2) is 8.89. The molecule has 28 heavy (non-hydrogen) atoms. The number of carbonyl (C=O) groups excluding carboxylic acids is 2. The third kappa shape index (κ3) is 4.70. The van der Waals surface area contributed by atoms with Gasteiger partial charge in [0.1, 0.15) is 5.75 Å². The van der Waals surface area contributed by atoms with E-state index >= 15 is 0 Å². The highest BCUT2D eigenvalue weighted by molar-refractivity contribution is 5.95. The van der Waals surface area contributed by atoms with Gasteiger partial charge in [0.2, 0.25) is 5.91 Å². The molecule has 1 saturated heterocycles. The molecule has 1 aliphatic rings. The van der Waals surface area contributed by atoms with Crippen LogP contribution in [0.25, 0.3) is 0 Å². The molecule has 1 heterocycles. The van der Waals surface area contributed by atoms with Crippen molar-refractivity contribution in [3.63, 3.8) is 0 Å². The fourth-order valence-corrected chi connectivity index (χ4v) is 3.42. The van der Waals surface area contributed by atoms with Crippen LogP contribution in [0.1, 0.15) is 21.5 Å². The first-order chi connectivity index (χ1) is 13.5. The highest BCUT2D eigenvalue weighted by atomic mass is 16.5. The molecule has 0 spiro atoms. The van der Waals surface area contributed by atoms with Crippen molar-refractivity contribution in [2.24, 2.45) is 0 Å². The van der Waals surface area contributed by atoms with Gasteiger partial charge in [-0.3, -0.25) is 14.5 Å². The van der Waals surface area contributed by atoms with Crippen LogP contribution in [-0.2, 0) is 4.79 Å². The minimum atomic E-state index is -0.0210. The highest BCUT2D eigenvalue weighted by Gasteiger charge is 2.23. The quantitative estimate of drug-likeness (QED) is 0.865. The Labute approximate surface area is 166 Å². The lowest BCUT2D eigenvalue weighted by molar-refractivity contribution is -0.117. The molecule has 6 heteroatoms. The van der Waals surface area contributed by atoms with Crippen LogP contribution in [0.15, 0.2) is 42.5 Å². The predicted octanol–water partition coefficient (Wildman–Crippen LogP) is 2.71. The Kier molecular flexibility index (Phi) is 6.31. The largest absolute Gasteiger partial charge is 0.497 e. The number of anilines is 1. The molecule has 2 aromatic carbocycles. The van der Waals surface area contributed by atoms with Crippen LogP contribution in [0.4, 0.5) is 5.69 Å². The number of piperazine rings is 1. The van der Waals surface area contributed by atoms with Crippen molar-refractivity contribution >= 4 is 17.5 Å². The number of aryl methyl sites for hydroxylation is 2. The highest BCUT2D eigenvalue weighted by Crippen LogP contribution is 2.19. The van der Waals surface area contributed by atoms with Crippen LogP contribution in [0, 0.1) is 13.8 Å². The summed E-state index contributed by atoms with van der Waals surface area (Å²) in [5.74, 6) is 0.728. The van der Waals surface area contributed by atoms with Gasteiger partial charge in [-0.2, -0.15) is 0 Å². The van der Waals surface area contributed by atoms with Gasteiger partial charge in [0, 0.05) is 37.4 Å². The van der Waals surface area contributed by atoms with E-state index in [1.807, 2.05) is 36.9 Å². The van der Waals surface area contributed by atoms with Gasteiger partial charge in [-0.25, -0.2) is 0 Å². The summed E-state index contributed by atoms with van der Waals surface area (Å²) in [5, 5.41) is 3.02. The molecule has 0 saturated carbocycles. The maximum Gasteiger partial charge on any atom is 0.253 e. The molecule has 1 N–H and O–H groups in total. The molecular weight excluding hydrogens is 354 g/mol. The fourth-order valence-electron chi connectivity index (χ4n) is 3.42. The van der Waals surface area contributed by atoms with E-state index in [9.17, 15) is 9.59 Å². The Morgan fingerprint density at radius 3 is 2.14 bits per heavy atom. The predicted molar refractivity (Wildman–Crippen MR) is 110 cm³/mol. The minimum absolute atomic E-state index is 0.0160. The average Bonchev–Trinajstić information content (AvgIpc) is 2.71. The van der Waals surface area contributed by atoms with Gasteiger partial charge in [-0.15, -0.1) is 0 Å². The zero-order chi connectivity index (χ0) is 20.1. The zero-order valence-electron chi connectivity index (χ0n) is 16.7. The first-order valence-electron chi connectivity index (χ1n) is 9.49. The third-order valence-corrected chi connectivity index (χ3v) is 5.11. The summed E-state index contributed by atoms with van der Waals surface area (Å²) in [5.41, 5.74) is 3.66. The van der Waals surface area contributed by atoms with E-state index in [0.717, 1.165) is 22.6 Å². The van der Waals surface area contributed by atoms with Crippen LogP contribution in [-0.4, -0.2) is 61.4 Å². The number of methoxy groups -OCH3 is 1. The number of hydrogen-bond donors (Lipinski definition) is 1. The summed E-state index contributed by atoms with van der Waals surface area (Å²) in [4.78, 5) is 29.0. The monoisotopic (exact) mass is 381 g/mol. The lowest BCUT2D eigenvalue weighted by Gasteiger charge is -2.34. The van der Waals surface area contributed by atoms with Crippen LogP contribution in [0.5, 0.6) is 5.75 Å². The van der Waals surface area contributed by atoms with Gasteiger partial charge < -0.3 is 15.0 Å². The van der Waals surface area contributed by atoms with Crippen molar-refractivity contribution in [3.05, 3.63) is 59.2 Å². The first-order valence-corrected chi connectivity index (χ1v) is 9.49. The molecule has 6 nitrogen and oxygen atoms in total. The Hall–Kier alpha value is -2.86. The summed E-state index contributed by atoms with van der Waals surface area (Å²) in [7, 11) is 1.60. The normalized spacial score (nSPS) is 14.6. The van der Waals surface area contributed by atoms with E-state index in [2.05, 4.69) is 10.2 Å². The number of benzene rings is 2. The molecule has 2 aromatic rings. The number of rotatable bonds is 5. The second-order valence-electron chi connectivity index (χ2n) is 7.11. The summed E-state index contributed by atoms with van der Waals surface area (Å²) in [6.07, 6.45) is 0. The molecule has 2 amide bonds. The van der Waals surface area contributed by atoms with Crippen molar-refractivity contribution in [2.45, 2.75) is 13.8 Å². The number of carbonyl (C=O) groups is 2. The molecule has 0 radical (unpaired) electrons. The maximum atomic E-state index is 12.6. The van der Waals surface area contributed by atoms with Crippen molar-refractivity contribution in [1.29, 1.82) is 0 Å². The molecule has 1 aliphatic heterocycles. The van der Waals surface area contributed by atoms with Gasteiger partial charge in [0.05, 0.1) is 13.7 Å². The van der Waals surface area contributed by atoms with E-state index in [0.29, 0.717) is 38.3 Å². The van der Waals surface area contributed by atoms with Gasteiger partial charge in [-0.1, -0.05) is 18.2 Å². The fraction of sp³-hybridized carbons (Fsp3) is 0.364. The number of hydrogen-bond acceptors (Lipinski definition) is 4. The number of amides is 2. The summed E-state index contributed by atoms with van der Waals surface area (Å²) >= 11 is 0. The zero-order valence-corrected chi connectivity index (χ0v) is 16.7. The van der Waals surface area contributed by atoms with Gasteiger partial charge >= 0.3 is 0 Å². The van der Waals surface area contributed by atoms with Crippen LogP contribution in [0.3, 0.4) is 0 Å². The molecule has 3 rings (SSSR count). The van der Waals surface area contributed by atoms with E-state index in [1.54, 1.807) is 31.4 Å². The number of nitrogens with zero attached hydrogens (tertiary/aromatic N) is 2. The number of nitrogens with one attached hydrogen (secondary N) is 1. The van der Waals surface area contributed by atoms with Crippen LogP contribution < -0.4 is 10.1 Å². The molecule has 0 bridgehead atoms. The Bertz CT molecular complexity index is 820. The molecule has 0 aromatic heterocycles. The number of ether oxygens (including phenoxy) is 1. The van der Waals surface area contributed by atoms with Crippen molar-refractivity contribution in [1.82, 2.24) is 9.80 Å². The van der Waals surface area contributed by atoms with Gasteiger partial charge in [-0.05, 0) is 49.2 Å². The van der Waals surface area contributed by atoms with Crippen molar-refractivity contribution < 1.29 is 14.3 Å². The van der Waals surface area contributed by atoms with Gasteiger partial charge in [0.15, 0.2) is 0 Å². The van der Waals surface area contributed by atoms with Crippen molar-refractivity contribution in [2.75, 3.05) is 45.2 Å². The van der Waals surface area contributed by atoms with E-state index < -0.39 is 0 Å². The summed E-state index contributed by atoms with van der Waals surface area (Å²) in [6.45, 7) is 6.91. The summed E-state index contributed by atoms with van der Waals surface area (Å²) in [6, 6.07) is 13.1. The lowest BCUT2D eigenvalue weighted by Crippen LogP contribution is -2.50.